The summed E-state index contributed by atoms with van der Waals surface area (Å²) in [5, 5.41) is 12.3. The highest BCUT2D eigenvalue weighted by molar-refractivity contribution is 5.29. The fraction of sp³-hybridized carbons (Fsp3) is 0.500. The second kappa shape index (κ2) is 3.70. The van der Waals surface area contributed by atoms with Crippen molar-refractivity contribution in [3.63, 3.8) is 0 Å². The van der Waals surface area contributed by atoms with Crippen LogP contribution in [0, 0.1) is 18.3 Å². The van der Waals surface area contributed by atoms with E-state index in [1.807, 2.05) is 6.07 Å². The Kier molecular flexibility index (Phi) is 2.79. The van der Waals surface area contributed by atoms with Crippen molar-refractivity contribution in [3.8, 4) is 6.07 Å². The molecular formula is C8H8F3N3. The van der Waals surface area contributed by atoms with E-state index in [0.717, 1.165) is 4.68 Å². The van der Waals surface area contributed by atoms with Gasteiger partial charge in [0.05, 0.1) is 17.7 Å². The fourth-order valence-electron chi connectivity index (χ4n) is 0.983. The molecule has 0 N–H and O–H groups in total. The van der Waals surface area contributed by atoms with Crippen molar-refractivity contribution < 1.29 is 13.2 Å². The highest BCUT2D eigenvalue weighted by Gasteiger charge is 2.26. The van der Waals surface area contributed by atoms with Crippen LogP contribution in [0.2, 0.25) is 0 Å². The Labute approximate surface area is 78.8 Å². The van der Waals surface area contributed by atoms with E-state index in [1.54, 1.807) is 6.92 Å². The van der Waals surface area contributed by atoms with Gasteiger partial charge < -0.3 is 0 Å². The number of hydrogen-bond donors (Lipinski definition) is 0. The summed E-state index contributed by atoms with van der Waals surface area (Å²) in [5.74, 6) is 0. The molecule has 0 spiro atoms. The van der Waals surface area contributed by atoms with Crippen molar-refractivity contribution in [3.05, 3.63) is 17.5 Å². The van der Waals surface area contributed by atoms with Crippen molar-refractivity contribution in [1.82, 2.24) is 9.78 Å². The third kappa shape index (κ3) is 2.76. The first-order chi connectivity index (χ1) is 6.42. The van der Waals surface area contributed by atoms with Crippen molar-refractivity contribution in [2.75, 3.05) is 0 Å². The molecule has 0 aliphatic carbocycles. The number of halogens is 3. The normalized spacial score (nSPS) is 11.4. The minimum absolute atomic E-state index is 0.244. The number of nitrogens with zero attached hydrogens (tertiary/aromatic N) is 3. The van der Waals surface area contributed by atoms with Crippen LogP contribution in [0.25, 0.3) is 0 Å². The van der Waals surface area contributed by atoms with Crippen LogP contribution in [0.4, 0.5) is 13.2 Å². The Balaban J connectivity index is 2.66. The van der Waals surface area contributed by atoms with Crippen LogP contribution < -0.4 is 0 Å². The number of aromatic nitrogens is 2. The quantitative estimate of drug-likeness (QED) is 0.737. The molecule has 1 rings (SSSR count). The van der Waals surface area contributed by atoms with Gasteiger partial charge in [0, 0.05) is 12.7 Å². The predicted octanol–water partition coefficient (Wildman–Crippen LogP) is 2.02. The summed E-state index contributed by atoms with van der Waals surface area (Å²) in [6, 6.07) is 1.85. The minimum Gasteiger partial charge on any atom is -0.271 e. The lowest BCUT2D eigenvalue weighted by Crippen LogP contribution is -2.12. The Morgan fingerprint density at radius 3 is 2.64 bits per heavy atom. The van der Waals surface area contributed by atoms with Crippen LogP contribution in [0.15, 0.2) is 6.20 Å². The second-order valence-electron chi connectivity index (χ2n) is 2.87. The van der Waals surface area contributed by atoms with Crippen LogP contribution in [-0.2, 0) is 6.54 Å². The molecule has 1 aromatic heterocycles. The summed E-state index contributed by atoms with van der Waals surface area (Å²) in [6.45, 7) is 1.34. The molecule has 6 heteroatoms. The Morgan fingerprint density at radius 1 is 1.57 bits per heavy atom. The number of rotatable bonds is 2. The first kappa shape index (κ1) is 10.6. The van der Waals surface area contributed by atoms with Gasteiger partial charge in [-0.05, 0) is 6.92 Å². The minimum atomic E-state index is -4.19. The van der Waals surface area contributed by atoms with Gasteiger partial charge in [-0.15, -0.1) is 0 Å². The molecule has 0 aromatic carbocycles. The fourth-order valence-corrected chi connectivity index (χ4v) is 0.983. The third-order valence-electron chi connectivity index (χ3n) is 1.69. The van der Waals surface area contributed by atoms with Crippen molar-refractivity contribution >= 4 is 0 Å². The molecule has 0 amide bonds. The van der Waals surface area contributed by atoms with Gasteiger partial charge in [0.1, 0.15) is 6.07 Å². The summed E-state index contributed by atoms with van der Waals surface area (Å²) >= 11 is 0. The number of hydrogen-bond acceptors (Lipinski definition) is 2. The summed E-state index contributed by atoms with van der Waals surface area (Å²) < 4.78 is 36.6. The van der Waals surface area contributed by atoms with Crippen LogP contribution in [0.5, 0.6) is 0 Å². The van der Waals surface area contributed by atoms with E-state index >= 15 is 0 Å². The van der Waals surface area contributed by atoms with Gasteiger partial charge in [-0.2, -0.15) is 23.5 Å². The van der Waals surface area contributed by atoms with Crippen LogP contribution in [-0.4, -0.2) is 16.0 Å². The maximum Gasteiger partial charge on any atom is 0.390 e. The van der Waals surface area contributed by atoms with Crippen LogP contribution >= 0.6 is 0 Å². The zero-order chi connectivity index (χ0) is 10.8. The molecule has 1 aromatic rings. The first-order valence-corrected chi connectivity index (χ1v) is 3.93. The van der Waals surface area contributed by atoms with E-state index in [-0.39, 0.29) is 6.54 Å². The second-order valence-corrected chi connectivity index (χ2v) is 2.87. The Hall–Kier alpha value is -1.51. The lowest BCUT2D eigenvalue weighted by atomic mass is 10.3. The highest BCUT2D eigenvalue weighted by Crippen LogP contribution is 2.20. The van der Waals surface area contributed by atoms with Crippen molar-refractivity contribution in [2.24, 2.45) is 0 Å². The molecule has 0 unspecified atom stereocenters. The van der Waals surface area contributed by atoms with Gasteiger partial charge in [-0.25, -0.2) is 0 Å². The molecule has 0 atom stereocenters. The third-order valence-corrected chi connectivity index (χ3v) is 1.69. The van der Waals surface area contributed by atoms with Crippen LogP contribution in [0.1, 0.15) is 17.7 Å². The maximum atomic E-state index is 11.8. The molecule has 76 valence electrons. The molecule has 0 saturated heterocycles. The summed E-state index contributed by atoms with van der Waals surface area (Å²) in [7, 11) is 0. The standard InChI is InChI=1S/C8H8F3N3/c1-6-7(4-12)5-14(13-6)3-2-8(9,10)11/h5H,2-3H2,1H3. The van der Waals surface area contributed by atoms with E-state index in [9.17, 15) is 13.2 Å². The lowest BCUT2D eigenvalue weighted by molar-refractivity contribution is -0.137. The van der Waals surface area contributed by atoms with Gasteiger partial charge in [0.2, 0.25) is 0 Å². The Morgan fingerprint density at radius 2 is 2.21 bits per heavy atom. The molecule has 0 bridgehead atoms. The van der Waals surface area contributed by atoms with Crippen molar-refractivity contribution in [1.29, 1.82) is 5.26 Å². The maximum absolute atomic E-state index is 11.8. The van der Waals surface area contributed by atoms with Gasteiger partial charge in [-0.3, -0.25) is 4.68 Å². The molecule has 0 saturated carbocycles. The zero-order valence-corrected chi connectivity index (χ0v) is 7.47. The van der Waals surface area contributed by atoms with Gasteiger partial charge in [0.15, 0.2) is 0 Å². The summed E-state index contributed by atoms with van der Waals surface area (Å²) in [5.41, 5.74) is 0.766. The molecule has 0 radical (unpaired) electrons. The first-order valence-electron chi connectivity index (χ1n) is 3.93. The van der Waals surface area contributed by atoms with Gasteiger partial charge in [-0.1, -0.05) is 0 Å². The smallest absolute Gasteiger partial charge is 0.271 e. The molecule has 0 aliphatic rings. The van der Waals surface area contributed by atoms with E-state index in [2.05, 4.69) is 5.10 Å². The van der Waals surface area contributed by atoms with Gasteiger partial charge >= 0.3 is 6.18 Å². The number of nitriles is 1. The molecule has 0 fully saturated rings. The van der Waals surface area contributed by atoms with Crippen molar-refractivity contribution in [2.45, 2.75) is 26.1 Å². The average Bonchev–Trinajstić information content (AvgIpc) is 2.42. The molecule has 0 aliphatic heterocycles. The molecule has 1 heterocycles. The lowest BCUT2D eigenvalue weighted by Gasteiger charge is -2.05. The SMILES string of the molecule is Cc1nn(CCC(F)(F)F)cc1C#N. The molecule has 14 heavy (non-hydrogen) atoms. The summed E-state index contributed by atoms with van der Waals surface area (Å²) in [4.78, 5) is 0. The predicted molar refractivity (Wildman–Crippen MR) is 42.4 cm³/mol. The monoisotopic (exact) mass is 203 g/mol. The number of alkyl halides is 3. The summed E-state index contributed by atoms with van der Waals surface area (Å²) in [6.07, 6.45) is -3.80. The highest BCUT2D eigenvalue weighted by atomic mass is 19.4. The van der Waals surface area contributed by atoms with Gasteiger partial charge in [0.25, 0.3) is 0 Å². The largest absolute Gasteiger partial charge is 0.390 e. The van der Waals surface area contributed by atoms with E-state index in [1.165, 1.54) is 6.20 Å². The van der Waals surface area contributed by atoms with Crippen LogP contribution in [0.3, 0.4) is 0 Å². The average molecular weight is 203 g/mol. The molecular weight excluding hydrogens is 195 g/mol. The van der Waals surface area contributed by atoms with E-state index in [0.29, 0.717) is 11.3 Å². The van der Waals surface area contributed by atoms with E-state index in [4.69, 9.17) is 5.26 Å². The number of aryl methyl sites for hydroxylation is 2. The molecule has 3 nitrogen and oxygen atoms in total. The topological polar surface area (TPSA) is 41.6 Å². The Bertz CT molecular complexity index is 359. The zero-order valence-electron chi connectivity index (χ0n) is 7.47. The van der Waals surface area contributed by atoms with E-state index < -0.39 is 12.6 Å².